The zero-order valence-corrected chi connectivity index (χ0v) is 19.4. The number of amides is 1. The van der Waals surface area contributed by atoms with Gasteiger partial charge in [0.15, 0.2) is 5.69 Å². The van der Waals surface area contributed by atoms with E-state index in [-0.39, 0.29) is 11.3 Å². The van der Waals surface area contributed by atoms with Crippen molar-refractivity contribution < 1.29 is 14.3 Å². The number of methoxy groups -OCH3 is 1. The molecule has 1 saturated heterocycles. The summed E-state index contributed by atoms with van der Waals surface area (Å²) in [6.45, 7) is 11.2. The molecule has 7 heteroatoms. The molecule has 1 aromatic heterocycles. The highest BCUT2D eigenvalue weighted by molar-refractivity contribution is 6.12. The smallest absolute Gasteiger partial charge is 0.276 e. The fourth-order valence-corrected chi connectivity index (χ4v) is 4.19. The third-order valence-electron chi connectivity index (χ3n) is 5.88. The van der Waals surface area contributed by atoms with E-state index in [1.165, 1.54) is 0 Å². The van der Waals surface area contributed by atoms with Crippen LogP contribution in [-0.4, -0.2) is 60.5 Å². The van der Waals surface area contributed by atoms with Crippen molar-refractivity contribution in [1.82, 2.24) is 14.7 Å². The van der Waals surface area contributed by atoms with Crippen molar-refractivity contribution in [1.29, 1.82) is 0 Å². The highest BCUT2D eigenvalue weighted by Crippen LogP contribution is 2.31. The minimum absolute atomic E-state index is 0.0906. The van der Waals surface area contributed by atoms with Gasteiger partial charge in [0, 0.05) is 30.7 Å². The number of benzene rings is 2. The summed E-state index contributed by atoms with van der Waals surface area (Å²) in [6.07, 6.45) is 0. The number of aromatic nitrogens is 2. The molecule has 0 unspecified atom stereocenters. The molecule has 1 aliphatic heterocycles. The number of anilines is 1. The zero-order chi connectivity index (χ0) is 22.7. The lowest BCUT2D eigenvalue weighted by Gasteiger charge is -2.26. The maximum Gasteiger partial charge on any atom is 0.276 e. The lowest BCUT2D eigenvalue weighted by Crippen LogP contribution is -2.38. The molecule has 32 heavy (non-hydrogen) atoms. The molecule has 4 rings (SSSR count). The second-order valence-electron chi connectivity index (χ2n) is 9.13. The van der Waals surface area contributed by atoms with Crippen LogP contribution in [0.25, 0.3) is 10.9 Å². The topological polar surface area (TPSA) is 68.6 Å². The largest absolute Gasteiger partial charge is 0.494 e. The lowest BCUT2D eigenvalue weighted by atomic mass is 9.86. The van der Waals surface area contributed by atoms with Crippen molar-refractivity contribution in [2.24, 2.45) is 0 Å². The summed E-state index contributed by atoms with van der Waals surface area (Å²) in [4.78, 5) is 15.7. The SMILES string of the molecule is COc1cccc2c(C(=O)Nc3ccccc3C(C)(C)C)nn(CCN3CCOCC3)c12. The van der Waals surface area contributed by atoms with Crippen LogP contribution >= 0.6 is 0 Å². The van der Waals surface area contributed by atoms with Crippen molar-refractivity contribution in [3.63, 3.8) is 0 Å². The molecule has 7 nitrogen and oxygen atoms in total. The fourth-order valence-electron chi connectivity index (χ4n) is 4.19. The first-order valence-corrected chi connectivity index (χ1v) is 11.1. The summed E-state index contributed by atoms with van der Waals surface area (Å²) in [5.74, 6) is 0.496. The van der Waals surface area contributed by atoms with Crippen LogP contribution < -0.4 is 10.1 Å². The molecule has 170 valence electrons. The fraction of sp³-hybridized carbons (Fsp3) is 0.440. The number of fused-ring (bicyclic) bond motifs is 1. The summed E-state index contributed by atoms with van der Waals surface area (Å²) in [7, 11) is 1.65. The summed E-state index contributed by atoms with van der Waals surface area (Å²) in [5.41, 5.74) is 3.06. The number of hydrogen-bond acceptors (Lipinski definition) is 5. The monoisotopic (exact) mass is 436 g/mol. The number of rotatable bonds is 6. The van der Waals surface area contributed by atoms with Crippen LogP contribution in [0.5, 0.6) is 5.75 Å². The Morgan fingerprint density at radius 1 is 1.09 bits per heavy atom. The van der Waals surface area contributed by atoms with Gasteiger partial charge in [-0.05, 0) is 23.1 Å². The van der Waals surface area contributed by atoms with E-state index in [0.29, 0.717) is 18.0 Å². The zero-order valence-electron chi connectivity index (χ0n) is 19.4. The van der Waals surface area contributed by atoms with Crippen molar-refractivity contribution in [3.8, 4) is 5.75 Å². The van der Waals surface area contributed by atoms with E-state index in [1.54, 1.807) is 7.11 Å². The normalized spacial score (nSPS) is 15.1. The number of para-hydroxylation sites is 2. The maximum absolute atomic E-state index is 13.4. The standard InChI is InChI=1S/C25H32N4O3/c1-25(2,3)19-9-5-6-10-20(19)26-24(30)22-18-8-7-11-21(31-4)23(18)29(27-22)13-12-28-14-16-32-17-15-28/h5-11H,12-17H2,1-4H3,(H,26,30). The van der Waals surface area contributed by atoms with Gasteiger partial charge in [-0.15, -0.1) is 0 Å². The Morgan fingerprint density at radius 3 is 2.56 bits per heavy atom. The maximum atomic E-state index is 13.4. The quantitative estimate of drug-likeness (QED) is 0.634. The molecule has 1 fully saturated rings. The molecule has 0 radical (unpaired) electrons. The Morgan fingerprint density at radius 2 is 1.84 bits per heavy atom. The van der Waals surface area contributed by atoms with E-state index in [2.05, 4.69) is 37.1 Å². The summed E-state index contributed by atoms with van der Waals surface area (Å²) < 4.78 is 13.0. The van der Waals surface area contributed by atoms with Crippen LogP contribution in [0.4, 0.5) is 5.69 Å². The Hall–Kier alpha value is -2.90. The Balaban J connectivity index is 1.66. The third-order valence-corrected chi connectivity index (χ3v) is 5.88. The molecule has 0 atom stereocenters. The summed E-state index contributed by atoms with van der Waals surface area (Å²) in [5, 5.41) is 8.63. The van der Waals surface area contributed by atoms with Gasteiger partial charge in [-0.2, -0.15) is 5.10 Å². The van der Waals surface area contributed by atoms with Gasteiger partial charge in [-0.25, -0.2) is 0 Å². The van der Waals surface area contributed by atoms with E-state index in [9.17, 15) is 4.79 Å². The van der Waals surface area contributed by atoms with Crippen LogP contribution in [0.15, 0.2) is 42.5 Å². The number of morpholine rings is 1. The van der Waals surface area contributed by atoms with Gasteiger partial charge in [0.05, 0.1) is 26.9 Å². The molecule has 2 heterocycles. The number of nitrogens with zero attached hydrogens (tertiary/aromatic N) is 3. The molecular formula is C25H32N4O3. The molecular weight excluding hydrogens is 404 g/mol. The van der Waals surface area contributed by atoms with Gasteiger partial charge < -0.3 is 14.8 Å². The van der Waals surface area contributed by atoms with Crippen molar-refractivity contribution in [2.75, 3.05) is 45.3 Å². The number of carbonyl (C=O) groups excluding carboxylic acids is 1. The van der Waals surface area contributed by atoms with Gasteiger partial charge in [0.1, 0.15) is 11.3 Å². The van der Waals surface area contributed by atoms with E-state index >= 15 is 0 Å². The van der Waals surface area contributed by atoms with Crippen molar-refractivity contribution in [3.05, 3.63) is 53.7 Å². The molecule has 3 aromatic rings. The third kappa shape index (κ3) is 4.64. The molecule has 2 aromatic carbocycles. The first-order chi connectivity index (χ1) is 15.4. The molecule has 0 spiro atoms. The van der Waals surface area contributed by atoms with E-state index in [0.717, 1.165) is 55.0 Å². The second kappa shape index (κ2) is 9.30. The minimum atomic E-state index is -0.218. The molecule has 1 N–H and O–H groups in total. The van der Waals surface area contributed by atoms with E-state index < -0.39 is 0 Å². The Labute approximate surface area is 189 Å². The highest BCUT2D eigenvalue weighted by Gasteiger charge is 2.23. The first kappa shape index (κ1) is 22.3. The number of carbonyl (C=O) groups is 1. The van der Waals surface area contributed by atoms with Crippen LogP contribution in [0, 0.1) is 0 Å². The minimum Gasteiger partial charge on any atom is -0.494 e. The predicted octanol–water partition coefficient (Wildman–Crippen LogP) is 3.93. The van der Waals surface area contributed by atoms with Crippen LogP contribution in [0.2, 0.25) is 0 Å². The summed E-state index contributed by atoms with van der Waals surface area (Å²) >= 11 is 0. The molecule has 0 aliphatic carbocycles. The molecule has 1 amide bonds. The highest BCUT2D eigenvalue weighted by atomic mass is 16.5. The van der Waals surface area contributed by atoms with Gasteiger partial charge in [0.2, 0.25) is 0 Å². The average Bonchev–Trinajstić information content (AvgIpc) is 3.17. The van der Waals surface area contributed by atoms with E-state index in [1.807, 2.05) is 41.1 Å². The lowest BCUT2D eigenvalue weighted by molar-refractivity contribution is 0.0361. The summed E-state index contributed by atoms with van der Waals surface area (Å²) in [6, 6.07) is 13.7. The number of ether oxygens (including phenoxy) is 2. The van der Waals surface area contributed by atoms with Crippen LogP contribution in [-0.2, 0) is 16.7 Å². The van der Waals surface area contributed by atoms with Crippen LogP contribution in [0.3, 0.4) is 0 Å². The van der Waals surface area contributed by atoms with Gasteiger partial charge in [-0.3, -0.25) is 14.4 Å². The molecule has 0 bridgehead atoms. The van der Waals surface area contributed by atoms with Gasteiger partial charge in [-0.1, -0.05) is 51.1 Å². The number of hydrogen-bond donors (Lipinski definition) is 1. The van der Waals surface area contributed by atoms with Gasteiger partial charge in [0.25, 0.3) is 5.91 Å². The average molecular weight is 437 g/mol. The second-order valence-corrected chi connectivity index (χ2v) is 9.13. The first-order valence-electron chi connectivity index (χ1n) is 11.1. The van der Waals surface area contributed by atoms with E-state index in [4.69, 9.17) is 14.6 Å². The Kier molecular flexibility index (Phi) is 6.48. The molecule has 0 saturated carbocycles. The van der Waals surface area contributed by atoms with Crippen LogP contribution in [0.1, 0.15) is 36.8 Å². The molecule has 1 aliphatic rings. The Bertz CT molecular complexity index is 1090. The number of nitrogens with one attached hydrogen (secondary N) is 1. The predicted molar refractivity (Wildman–Crippen MR) is 127 cm³/mol. The van der Waals surface area contributed by atoms with Gasteiger partial charge >= 0.3 is 0 Å². The van der Waals surface area contributed by atoms with Crippen molar-refractivity contribution >= 4 is 22.5 Å². The van der Waals surface area contributed by atoms with Crippen molar-refractivity contribution in [2.45, 2.75) is 32.7 Å².